The minimum absolute atomic E-state index is 0.466. The Morgan fingerprint density at radius 3 is 2.21 bits per heavy atom. The van der Waals surface area contributed by atoms with E-state index in [-0.39, 0.29) is 0 Å². The van der Waals surface area contributed by atoms with Gasteiger partial charge in [-0.3, -0.25) is 0 Å². The fourth-order valence-electron chi connectivity index (χ4n) is 2.00. The Morgan fingerprint density at radius 2 is 1.63 bits per heavy atom. The first-order valence-electron chi connectivity index (χ1n) is 6.65. The minimum Gasteiger partial charge on any atom is -0.118 e. The molecule has 1 heteroatoms. The molecule has 2 rings (SSSR count). The molecule has 0 heterocycles. The van der Waals surface area contributed by atoms with Crippen LogP contribution in [0.25, 0.3) is 4.91 Å². The SMILES string of the molecule is C/C=C(\SC(C)c1ccccc1)c1ccc(C)cc1. The first-order valence-corrected chi connectivity index (χ1v) is 7.53. The molecular formula is C18H20S. The summed E-state index contributed by atoms with van der Waals surface area (Å²) >= 11 is 1.92. The lowest BCUT2D eigenvalue weighted by molar-refractivity contribution is 1.11. The monoisotopic (exact) mass is 268 g/mol. The average molecular weight is 268 g/mol. The van der Waals surface area contributed by atoms with E-state index >= 15 is 0 Å². The number of hydrogen-bond acceptors (Lipinski definition) is 1. The summed E-state index contributed by atoms with van der Waals surface area (Å²) in [6, 6.07) is 19.4. The van der Waals surface area contributed by atoms with Gasteiger partial charge in [-0.15, -0.1) is 11.8 Å². The van der Waals surface area contributed by atoms with Crippen molar-refractivity contribution in [3.63, 3.8) is 0 Å². The summed E-state index contributed by atoms with van der Waals surface area (Å²) in [5.74, 6) is 0. The molecule has 0 radical (unpaired) electrons. The lowest BCUT2D eigenvalue weighted by Gasteiger charge is -2.14. The summed E-state index contributed by atoms with van der Waals surface area (Å²) in [4.78, 5) is 1.34. The molecular weight excluding hydrogens is 248 g/mol. The summed E-state index contributed by atoms with van der Waals surface area (Å²) < 4.78 is 0. The van der Waals surface area contributed by atoms with Crippen molar-refractivity contribution in [1.29, 1.82) is 0 Å². The minimum atomic E-state index is 0.466. The van der Waals surface area contributed by atoms with E-state index in [2.05, 4.69) is 81.4 Å². The Labute approximate surface area is 120 Å². The van der Waals surface area contributed by atoms with Crippen LogP contribution in [0.2, 0.25) is 0 Å². The molecule has 0 bridgehead atoms. The van der Waals surface area contributed by atoms with Gasteiger partial charge in [0, 0.05) is 10.2 Å². The highest BCUT2D eigenvalue weighted by Crippen LogP contribution is 2.39. The van der Waals surface area contributed by atoms with E-state index in [1.165, 1.54) is 21.6 Å². The van der Waals surface area contributed by atoms with Crippen LogP contribution in [-0.4, -0.2) is 0 Å². The molecule has 0 aliphatic rings. The molecule has 0 aliphatic carbocycles. The summed E-state index contributed by atoms with van der Waals surface area (Å²) in [5, 5.41) is 0.466. The van der Waals surface area contributed by atoms with Crippen LogP contribution in [0.3, 0.4) is 0 Å². The fourth-order valence-corrected chi connectivity index (χ4v) is 3.09. The van der Waals surface area contributed by atoms with Gasteiger partial charge in [0.05, 0.1) is 0 Å². The zero-order valence-corrected chi connectivity index (χ0v) is 12.6. The number of allylic oxidation sites excluding steroid dienone is 1. The third kappa shape index (κ3) is 3.74. The molecule has 0 saturated heterocycles. The van der Waals surface area contributed by atoms with E-state index in [9.17, 15) is 0 Å². The van der Waals surface area contributed by atoms with Gasteiger partial charge < -0.3 is 0 Å². The van der Waals surface area contributed by atoms with Gasteiger partial charge in [-0.2, -0.15) is 0 Å². The van der Waals surface area contributed by atoms with Crippen LogP contribution in [0, 0.1) is 6.92 Å². The highest BCUT2D eigenvalue weighted by atomic mass is 32.2. The quantitative estimate of drug-likeness (QED) is 0.670. The van der Waals surface area contributed by atoms with Gasteiger partial charge in [0.25, 0.3) is 0 Å². The van der Waals surface area contributed by atoms with E-state index in [1.807, 2.05) is 11.8 Å². The van der Waals surface area contributed by atoms with Crippen LogP contribution in [0.5, 0.6) is 0 Å². The fraction of sp³-hybridized carbons (Fsp3) is 0.222. The van der Waals surface area contributed by atoms with E-state index in [0.717, 1.165) is 0 Å². The molecule has 98 valence electrons. The van der Waals surface area contributed by atoms with Gasteiger partial charge >= 0.3 is 0 Å². The largest absolute Gasteiger partial charge is 0.118 e. The smallest absolute Gasteiger partial charge is 0.0316 e. The van der Waals surface area contributed by atoms with E-state index in [1.54, 1.807) is 0 Å². The maximum absolute atomic E-state index is 2.26. The van der Waals surface area contributed by atoms with Crippen LogP contribution < -0.4 is 0 Å². The van der Waals surface area contributed by atoms with Crippen molar-refractivity contribution in [2.75, 3.05) is 0 Å². The molecule has 1 atom stereocenters. The number of thioether (sulfide) groups is 1. The molecule has 0 saturated carbocycles. The normalized spacial score (nSPS) is 13.3. The van der Waals surface area contributed by atoms with Gasteiger partial charge in [-0.1, -0.05) is 66.2 Å². The molecule has 0 N–H and O–H groups in total. The second-order valence-corrected chi connectivity index (χ2v) is 6.07. The van der Waals surface area contributed by atoms with Gasteiger partial charge in [0.1, 0.15) is 0 Å². The van der Waals surface area contributed by atoms with Gasteiger partial charge in [0.15, 0.2) is 0 Å². The lowest BCUT2D eigenvalue weighted by atomic mass is 10.1. The molecule has 0 aliphatic heterocycles. The molecule has 0 spiro atoms. The summed E-state index contributed by atoms with van der Waals surface area (Å²) in [6.07, 6.45) is 2.20. The van der Waals surface area contributed by atoms with Crippen LogP contribution in [0.15, 0.2) is 60.7 Å². The van der Waals surface area contributed by atoms with Crippen molar-refractivity contribution in [1.82, 2.24) is 0 Å². The van der Waals surface area contributed by atoms with Gasteiger partial charge in [0.2, 0.25) is 0 Å². The first-order chi connectivity index (χ1) is 9.20. The van der Waals surface area contributed by atoms with Crippen molar-refractivity contribution in [2.45, 2.75) is 26.0 Å². The van der Waals surface area contributed by atoms with Crippen LogP contribution in [0.1, 0.15) is 35.8 Å². The van der Waals surface area contributed by atoms with Crippen LogP contribution in [-0.2, 0) is 0 Å². The molecule has 2 aromatic carbocycles. The Hall–Kier alpha value is -1.47. The molecule has 0 amide bonds. The molecule has 0 aromatic heterocycles. The number of benzene rings is 2. The molecule has 2 aromatic rings. The maximum Gasteiger partial charge on any atom is 0.0316 e. The molecule has 0 nitrogen and oxygen atoms in total. The standard InChI is InChI=1S/C18H20S/c1-4-18(17-12-10-14(2)11-13-17)19-15(3)16-8-6-5-7-9-16/h4-13,15H,1-3H3/b18-4-. The van der Waals surface area contributed by atoms with Gasteiger partial charge in [-0.05, 0) is 31.9 Å². The summed E-state index contributed by atoms with van der Waals surface area (Å²) in [7, 11) is 0. The average Bonchev–Trinajstić information content (AvgIpc) is 2.46. The predicted octanol–water partition coefficient (Wildman–Crippen LogP) is 5.85. The molecule has 19 heavy (non-hydrogen) atoms. The Morgan fingerprint density at radius 1 is 1.00 bits per heavy atom. The molecule has 1 unspecified atom stereocenters. The zero-order valence-electron chi connectivity index (χ0n) is 11.8. The summed E-state index contributed by atoms with van der Waals surface area (Å²) in [6.45, 7) is 6.50. The number of aryl methyl sites for hydroxylation is 1. The summed E-state index contributed by atoms with van der Waals surface area (Å²) in [5.41, 5.74) is 3.99. The van der Waals surface area contributed by atoms with Crippen molar-refractivity contribution in [2.24, 2.45) is 0 Å². The zero-order chi connectivity index (χ0) is 13.7. The van der Waals surface area contributed by atoms with Gasteiger partial charge in [-0.25, -0.2) is 0 Å². The highest BCUT2D eigenvalue weighted by Gasteiger charge is 2.09. The number of hydrogen-bond donors (Lipinski definition) is 0. The lowest BCUT2D eigenvalue weighted by Crippen LogP contribution is -1.89. The topological polar surface area (TPSA) is 0 Å². The van der Waals surface area contributed by atoms with Crippen LogP contribution >= 0.6 is 11.8 Å². The number of rotatable bonds is 4. The molecule has 0 fully saturated rings. The third-order valence-corrected chi connectivity index (χ3v) is 4.52. The van der Waals surface area contributed by atoms with E-state index < -0.39 is 0 Å². The maximum atomic E-state index is 2.26. The van der Waals surface area contributed by atoms with Crippen molar-refractivity contribution in [3.05, 3.63) is 77.4 Å². The third-order valence-electron chi connectivity index (χ3n) is 3.17. The second-order valence-electron chi connectivity index (χ2n) is 4.69. The van der Waals surface area contributed by atoms with Crippen molar-refractivity contribution in [3.8, 4) is 0 Å². The van der Waals surface area contributed by atoms with Crippen molar-refractivity contribution >= 4 is 16.7 Å². The Kier molecular flexibility index (Phi) is 4.86. The van der Waals surface area contributed by atoms with Crippen molar-refractivity contribution < 1.29 is 0 Å². The Balaban J connectivity index is 2.14. The van der Waals surface area contributed by atoms with E-state index in [0.29, 0.717) is 5.25 Å². The van der Waals surface area contributed by atoms with E-state index in [4.69, 9.17) is 0 Å². The highest BCUT2D eigenvalue weighted by molar-refractivity contribution is 8.08. The van der Waals surface area contributed by atoms with Crippen LogP contribution in [0.4, 0.5) is 0 Å². The second kappa shape index (κ2) is 6.63. The predicted molar refractivity (Wildman–Crippen MR) is 87.3 cm³/mol. The first kappa shape index (κ1) is 14.0. The Bertz CT molecular complexity index is 538.